The normalized spacial score (nSPS) is 24.6. The van der Waals surface area contributed by atoms with E-state index in [1.54, 1.807) is 7.11 Å². The molecular weight excluding hydrogens is 266 g/mol. The molecule has 4 nitrogen and oxygen atoms in total. The highest BCUT2D eigenvalue weighted by Gasteiger charge is 2.43. The highest BCUT2D eigenvalue weighted by molar-refractivity contribution is 5.28. The summed E-state index contributed by atoms with van der Waals surface area (Å²) in [5.41, 5.74) is 1.33. The van der Waals surface area contributed by atoms with Gasteiger partial charge < -0.3 is 19.5 Å². The first-order valence-electron chi connectivity index (χ1n) is 7.88. The summed E-state index contributed by atoms with van der Waals surface area (Å²) in [6.07, 6.45) is 2.26. The summed E-state index contributed by atoms with van der Waals surface area (Å²) in [5, 5.41) is 3.45. The number of ether oxygens (including phenoxy) is 3. The molecule has 0 aliphatic heterocycles. The molecule has 1 aliphatic carbocycles. The van der Waals surface area contributed by atoms with Crippen molar-refractivity contribution in [3.8, 4) is 5.75 Å². The molecule has 1 saturated carbocycles. The number of aryl methyl sites for hydroxylation is 1. The van der Waals surface area contributed by atoms with Crippen LogP contribution in [0.1, 0.15) is 25.8 Å². The van der Waals surface area contributed by atoms with E-state index in [2.05, 4.69) is 31.3 Å². The van der Waals surface area contributed by atoms with Gasteiger partial charge >= 0.3 is 0 Å². The largest absolute Gasteiger partial charge is 0.488 e. The number of rotatable bonds is 9. The Balaban J connectivity index is 1.87. The predicted molar refractivity (Wildman–Crippen MR) is 83.9 cm³/mol. The maximum atomic E-state index is 6.06. The molecule has 3 atom stereocenters. The van der Waals surface area contributed by atoms with Crippen LogP contribution in [0.4, 0.5) is 0 Å². The number of hydrogen-bond donors (Lipinski definition) is 1. The molecular formula is C17H27NO3. The molecule has 0 saturated heterocycles. The molecule has 1 fully saturated rings. The third-order valence-corrected chi connectivity index (χ3v) is 3.93. The first kappa shape index (κ1) is 16.3. The summed E-state index contributed by atoms with van der Waals surface area (Å²) in [6, 6.07) is 8.72. The molecule has 1 aromatic carbocycles. The number of nitrogens with one attached hydrogen (secondary N) is 1. The van der Waals surface area contributed by atoms with Crippen molar-refractivity contribution < 1.29 is 14.2 Å². The van der Waals surface area contributed by atoms with Gasteiger partial charge in [-0.05, 0) is 30.7 Å². The lowest BCUT2D eigenvalue weighted by molar-refractivity contribution is -0.115. The molecule has 1 aromatic rings. The number of likely N-dealkylation sites (N-methyl/N-ethyl adjacent to an activating group) is 1. The average molecular weight is 293 g/mol. The standard InChI is InChI=1S/C17H27NO3/c1-4-13-6-8-14(9-7-13)21-16-12-15(18-5-2)17(16)20-11-10-19-3/h6-9,15-18H,4-5,10-12H2,1-3H3. The molecule has 0 aromatic heterocycles. The van der Waals surface area contributed by atoms with Crippen molar-refractivity contribution in [3.05, 3.63) is 29.8 Å². The molecule has 4 heteroatoms. The van der Waals surface area contributed by atoms with E-state index in [1.165, 1.54) is 5.56 Å². The van der Waals surface area contributed by atoms with Crippen LogP contribution < -0.4 is 10.1 Å². The number of benzene rings is 1. The second kappa shape index (κ2) is 8.37. The predicted octanol–water partition coefficient (Wildman–Crippen LogP) is 2.41. The van der Waals surface area contributed by atoms with E-state index in [1.807, 2.05) is 12.1 Å². The Morgan fingerprint density at radius 2 is 1.90 bits per heavy atom. The van der Waals surface area contributed by atoms with Crippen LogP contribution in [0.25, 0.3) is 0 Å². The number of methoxy groups -OCH3 is 1. The molecule has 2 rings (SSSR count). The third kappa shape index (κ3) is 4.43. The molecule has 0 heterocycles. The topological polar surface area (TPSA) is 39.7 Å². The van der Waals surface area contributed by atoms with E-state index < -0.39 is 0 Å². The van der Waals surface area contributed by atoms with Crippen molar-refractivity contribution >= 4 is 0 Å². The van der Waals surface area contributed by atoms with Crippen LogP contribution in [0.5, 0.6) is 5.75 Å². The molecule has 0 amide bonds. The summed E-state index contributed by atoms with van der Waals surface area (Å²) in [6.45, 7) is 6.45. The first-order valence-corrected chi connectivity index (χ1v) is 7.88. The van der Waals surface area contributed by atoms with E-state index in [9.17, 15) is 0 Å². The van der Waals surface area contributed by atoms with Gasteiger partial charge in [-0.1, -0.05) is 26.0 Å². The zero-order valence-corrected chi connectivity index (χ0v) is 13.3. The van der Waals surface area contributed by atoms with Crippen LogP contribution in [0.2, 0.25) is 0 Å². The molecule has 118 valence electrons. The van der Waals surface area contributed by atoms with Gasteiger partial charge in [-0.2, -0.15) is 0 Å². The molecule has 1 aliphatic rings. The van der Waals surface area contributed by atoms with Crippen LogP contribution in [0.3, 0.4) is 0 Å². The van der Waals surface area contributed by atoms with E-state index in [0.29, 0.717) is 19.3 Å². The molecule has 3 unspecified atom stereocenters. The van der Waals surface area contributed by atoms with E-state index in [-0.39, 0.29) is 12.2 Å². The minimum Gasteiger partial charge on any atom is -0.488 e. The van der Waals surface area contributed by atoms with Gasteiger partial charge in [0.1, 0.15) is 18.0 Å². The molecule has 0 bridgehead atoms. The van der Waals surface area contributed by atoms with Crippen molar-refractivity contribution in [2.45, 2.75) is 44.9 Å². The van der Waals surface area contributed by atoms with Crippen molar-refractivity contribution in [2.75, 3.05) is 26.9 Å². The van der Waals surface area contributed by atoms with Crippen LogP contribution in [-0.2, 0) is 15.9 Å². The second-order valence-corrected chi connectivity index (χ2v) is 5.38. The van der Waals surface area contributed by atoms with Gasteiger partial charge in [0.25, 0.3) is 0 Å². The highest BCUT2D eigenvalue weighted by atomic mass is 16.6. The molecule has 0 radical (unpaired) electrons. The zero-order valence-electron chi connectivity index (χ0n) is 13.3. The van der Waals surface area contributed by atoms with Gasteiger partial charge in [0.05, 0.1) is 13.2 Å². The Labute approximate surface area is 127 Å². The number of hydrogen-bond acceptors (Lipinski definition) is 4. The van der Waals surface area contributed by atoms with E-state index >= 15 is 0 Å². The highest BCUT2D eigenvalue weighted by Crippen LogP contribution is 2.29. The fourth-order valence-electron chi connectivity index (χ4n) is 2.63. The Kier molecular flexibility index (Phi) is 6.49. The van der Waals surface area contributed by atoms with E-state index in [4.69, 9.17) is 14.2 Å². The SMILES string of the molecule is CCNC1CC(Oc2ccc(CC)cc2)C1OCCOC. The monoisotopic (exact) mass is 293 g/mol. The van der Waals surface area contributed by atoms with Crippen LogP contribution in [-0.4, -0.2) is 45.1 Å². The van der Waals surface area contributed by atoms with Gasteiger partial charge in [0.15, 0.2) is 0 Å². The van der Waals surface area contributed by atoms with E-state index in [0.717, 1.165) is 25.1 Å². The maximum absolute atomic E-state index is 6.06. The molecule has 0 spiro atoms. The zero-order chi connectivity index (χ0) is 15.1. The lowest BCUT2D eigenvalue weighted by Gasteiger charge is -2.44. The second-order valence-electron chi connectivity index (χ2n) is 5.38. The Morgan fingerprint density at radius 3 is 2.52 bits per heavy atom. The first-order chi connectivity index (χ1) is 10.3. The van der Waals surface area contributed by atoms with Crippen molar-refractivity contribution in [2.24, 2.45) is 0 Å². The smallest absolute Gasteiger partial charge is 0.128 e. The third-order valence-electron chi connectivity index (χ3n) is 3.93. The Hall–Kier alpha value is -1.10. The molecule has 21 heavy (non-hydrogen) atoms. The van der Waals surface area contributed by atoms with Gasteiger partial charge in [-0.3, -0.25) is 0 Å². The van der Waals surface area contributed by atoms with Crippen LogP contribution in [0, 0.1) is 0 Å². The van der Waals surface area contributed by atoms with Crippen molar-refractivity contribution in [3.63, 3.8) is 0 Å². The van der Waals surface area contributed by atoms with Crippen LogP contribution >= 0.6 is 0 Å². The quantitative estimate of drug-likeness (QED) is 0.710. The lowest BCUT2D eigenvalue weighted by atomic mass is 9.85. The van der Waals surface area contributed by atoms with Crippen molar-refractivity contribution in [1.82, 2.24) is 5.32 Å². The summed E-state index contributed by atoms with van der Waals surface area (Å²) >= 11 is 0. The average Bonchev–Trinajstić information content (AvgIpc) is 2.51. The van der Waals surface area contributed by atoms with Gasteiger partial charge in [-0.15, -0.1) is 0 Å². The summed E-state index contributed by atoms with van der Waals surface area (Å²) < 4.78 is 17.0. The summed E-state index contributed by atoms with van der Waals surface area (Å²) in [4.78, 5) is 0. The minimum absolute atomic E-state index is 0.103. The summed E-state index contributed by atoms with van der Waals surface area (Å²) in [5.74, 6) is 0.924. The van der Waals surface area contributed by atoms with Gasteiger partial charge in [0.2, 0.25) is 0 Å². The lowest BCUT2D eigenvalue weighted by Crippen LogP contribution is -2.61. The van der Waals surface area contributed by atoms with Gasteiger partial charge in [-0.25, -0.2) is 0 Å². The minimum atomic E-state index is 0.103. The molecule has 1 N–H and O–H groups in total. The van der Waals surface area contributed by atoms with Crippen molar-refractivity contribution in [1.29, 1.82) is 0 Å². The Bertz CT molecular complexity index is 407. The maximum Gasteiger partial charge on any atom is 0.128 e. The Morgan fingerprint density at radius 1 is 1.14 bits per heavy atom. The summed E-state index contributed by atoms with van der Waals surface area (Å²) in [7, 11) is 1.69. The van der Waals surface area contributed by atoms with Gasteiger partial charge in [0, 0.05) is 19.6 Å². The fraction of sp³-hybridized carbons (Fsp3) is 0.647. The van der Waals surface area contributed by atoms with Crippen LogP contribution in [0.15, 0.2) is 24.3 Å². The fourth-order valence-corrected chi connectivity index (χ4v) is 2.63.